The first-order chi connectivity index (χ1) is 11.5. The van der Waals surface area contributed by atoms with Gasteiger partial charge in [0.15, 0.2) is 0 Å². The van der Waals surface area contributed by atoms with E-state index in [1.165, 1.54) is 18.2 Å². The Hall–Kier alpha value is -3.75. The molecule has 120 valence electrons. The average Bonchev–Trinajstić information content (AvgIpc) is 2.87. The van der Waals surface area contributed by atoms with Gasteiger partial charge in [0.2, 0.25) is 5.88 Å². The summed E-state index contributed by atoms with van der Waals surface area (Å²) >= 11 is 0. The lowest BCUT2D eigenvalue weighted by Gasteiger charge is -2.04. The van der Waals surface area contributed by atoms with E-state index in [1.54, 1.807) is 24.3 Å². The topological polar surface area (TPSA) is 123 Å². The van der Waals surface area contributed by atoms with E-state index in [9.17, 15) is 19.7 Å². The van der Waals surface area contributed by atoms with Gasteiger partial charge in [-0.15, -0.1) is 0 Å². The molecule has 24 heavy (non-hydrogen) atoms. The van der Waals surface area contributed by atoms with Crippen molar-refractivity contribution in [3.63, 3.8) is 0 Å². The van der Waals surface area contributed by atoms with Gasteiger partial charge in [0.1, 0.15) is 17.6 Å². The van der Waals surface area contributed by atoms with E-state index in [0.29, 0.717) is 11.3 Å². The number of hydrogen-bond donors (Lipinski definition) is 2. The molecule has 1 fully saturated rings. The monoisotopic (exact) mass is 326 g/mol. The normalized spacial score (nSPS) is 15.1. The minimum atomic E-state index is -0.560. The summed E-state index contributed by atoms with van der Waals surface area (Å²) in [5, 5.41) is 15.0. The smallest absolute Gasteiger partial charge is 0.326 e. The number of nitro groups is 1. The van der Waals surface area contributed by atoms with Crippen molar-refractivity contribution >= 4 is 23.7 Å². The van der Waals surface area contributed by atoms with E-state index in [2.05, 4.69) is 15.6 Å². The lowest BCUT2D eigenvalue weighted by Crippen LogP contribution is -2.22. The van der Waals surface area contributed by atoms with Crippen molar-refractivity contribution in [1.82, 2.24) is 15.6 Å². The van der Waals surface area contributed by atoms with E-state index in [-0.39, 0.29) is 17.3 Å². The van der Waals surface area contributed by atoms with Crippen molar-refractivity contribution in [1.29, 1.82) is 0 Å². The zero-order chi connectivity index (χ0) is 17.1. The Balaban J connectivity index is 1.70. The zero-order valence-corrected chi connectivity index (χ0v) is 12.1. The number of rotatable bonds is 4. The SMILES string of the molecule is O=C1NC(=O)C(=Cc2ccc(Oc3ccc([N+](=O)[O-])cn3)cc2)N1. The van der Waals surface area contributed by atoms with Crippen molar-refractivity contribution in [2.75, 3.05) is 0 Å². The Kier molecular flexibility index (Phi) is 3.89. The fraction of sp³-hybridized carbons (Fsp3) is 0. The van der Waals surface area contributed by atoms with Crippen molar-refractivity contribution in [2.45, 2.75) is 0 Å². The lowest BCUT2D eigenvalue weighted by atomic mass is 10.2. The highest BCUT2D eigenvalue weighted by Gasteiger charge is 2.22. The molecule has 0 saturated carbocycles. The maximum atomic E-state index is 11.4. The number of imide groups is 1. The van der Waals surface area contributed by atoms with Crippen molar-refractivity contribution in [2.24, 2.45) is 0 Å². The summed E-state index contributed by atoms with van der Waals surface area (Å²) in [6, 6.07) is 8.79. The summed E-state index contributed by atoms with van der Waals surface area (Å²) in [6.45, 7) is 0. The predicted octanol–water partition coefficient (Wildman–Crippen LogP) is 1.96. The fourth-order valence-electron chi connectivity index (χ4n) is 1.94. The van der Waals surface area contributed by atoms with Crippen LogP contribution in [0.15, 0.2) is 48.3 Å². The third kappa shape index (κ3) is 3.35. The maximum Gasteiger partial charge on any atom is 0.326 e. The minimum Gasteiger partial charge on any atom is -0.439 e. The van der Waals surface area contributed by atoms with E-state index < -0.39 is 16.9 Å². The molecule has 0 unspecified atom stereocenters. The van der Waals surface area contributed by atoms with Gasteiger partial charge in [0.05, 0.1) is 4.92 Å². The number of carbonyl (C=O) groups excluding carboxylic acids is 2. The largest absolute Gasteiger partial charge is 0.439 e. The summed E-state index contributed by atoms with van der Waals surface area (Å²) in [6.07, 6.45) is 2.63. The number of hydrogen-bond acceptors (Lipinski definition) is 6. The predicted molar refractivity (Wildman–Crippen MR) is 82.1 cm³/mol. The van der Waals surface area contributed by atoms with E-state index in [0.717, 1.165) is 6.20 Å². The molecule has 2 heterocycles. The molecule has 0 bridgehead atoms. The van der Waals surface area contributed by atoms with Crippen LogP contribution >= 0.6 is 0 Å². The number of aromatic nitrogens is 1. The molecule has 1 aliphatic rings. The Morgan fingerprint density at radius 1 is 1.08 bits per heavy atom. The molecule has 9 nitrogen and oxygen atoms in total. The van der Waals surface area contributed by atoms with Gasteiger partial charge in [0.25, 0.3) is 11.6 Å². The molecular weight excluding hydrogens is 316 g/mol. The minimum absolute atomic E-state index is 0.124. The number of urea groups is 1. The standard InChI is InChI=1S/C15H10N4O5/c20-14-12(17-15(21)18-14)7-9-1-4-11(5-2-9)24-13-6-3-10(8-16-13)19(22)23/h1-8H,(H2,17,18,20,21). The van der Waals surface area contributed by atoms with Crippen LogP contribution in [0, 0.1) is 10.1 Å². The van der Waals surface area contributed by atoms with Crippen LogP contribution in [-0.2, 0) is 4.79 Å². The number of benzene rings is 1. The van der Waals surface area contributed by atoms with Crippen LogP contribution in [0.1, 0.15) is 5.56 Å². The third-order valence-electron chi connectivity index (χ3n) is 3.06. The zero-order valence-electron chi connectivity index (χ0n) is 12.1. The van der Waals surface area contributed by atoms with Gasteiger partial charge in [0, 0.05) is 12.1 Å². The first-order valence-corrected chi connectivity index (χ1v) is 6.74. The molecule has 2 aromatic rings. The van der Waals surface area contributed by atoms with Crippen LogP contribution in [0.2, 0.25) is 0 Å². The third-order valence-corrected chi connectivity index (χ3v) is 3.06. The summed E-state index contributed by atoms with van der Waals surface area (Å²) in [5.74, 6) is 0.197. The van der Waals surface area contributed by atoms with Crippen molar-refractivity contribution in [3.05, 3.63) is 64.0 Å². The molecule has 1 aromatic carbocycles. The molecule has 1 saturated heterocycles. The first kappa shape index (κ1) is 15.2. The highest BCUT2D eigenvalue weighted by Crippen LogP contribution is 2.22. The lowest BCUT2D eigenvalue weighted by molar-refractivity contribution is -0.385. The number of amides is 3. The molecule has 0 atom stereocenters. The first-order valence-electron chi connectivity index (χ1n) is 6.74. The van der Waals surface area contributed by atoms with Crippen LogP contribution in [0.3, 0.4) is 0 Å². The van der Waals surface area contributed by atoms with Gasteiger partial charge in [-0.2, -0.15) is 0 Å². The highest BCUT2D eigenvalue weighted by molar-refractivity contribution is 6.13. The van der Waals surface area contributed by atoms with Gasteiger partial charge < -0.3 is 10.1 Å². The molecule has 9 heteroatoms. The van der Waals surface area contributed by atoms with Gasteiger partial charge in [-0.1, -0.05) is 12.1 Å². The molecule has 1 aromatic heterocycles. The second kappa shape index (κ2) is 6.16. The molecule has 2 N–H and O–H groups in total. The summed E-state index contributed by atoms with van der Waals surface area (Å²) < 4.78 is 5.47. The van der Waals surface area contributed by atoms with Crippen LogP contribution < -0.4 is 15.4 Å². The van der Waals surface area contributed by atoms with Gasteiger partial charge in [-0.3, -0.25) is 20.2 Å². The summed E-state index contributed by atoms with van der Waals surface area (Å²) in [7, 11) is 0. The van der Waals surface area contributed by atoms with E-state index >= 15 is 0 Å². The summed E-state index contributed by atoms with van der Waals surface area (Å²) in [5.41, 5.74) is 0.721. The summed E-state index contributed by atoms with van der Waals surface area (Å²) in [4.78, 5) is 36.3. The molecular formula is C15H10N4O5. The average molecular weight is 326 g/mol. The Morgan fingerprint density at radius 2 is 1.83 bits per heavy atom. The number of nitrogens with one attached hydrogen (secondary N) is 2. The molecule has 1 aliphatic heterocycles. The Bertz CT molecular complexity index is 843. The molecule has 3 rings (SSSR count). The maximum absolute atomic E-state index is 11.4. The van der Waals surface area contributed by atoms with Gasteiger partial charge in [-0.05, 0) is 23.8 Å². The van der Waals surface area contributed by atoms with Crippen molar-refractivity contribution < 1.29 is 19.2 Å². The van der Waals surface area contributed by atoms with Gasteiger partial charge in [-0.25, -0.2) is 9.78 Å². The van der Waals surface area contributed by atoms with Crippen molar-refractivity contribution in [3.8, 4) is 11.6 Å². The number of nitrogens with zero attached hydrogens (tertiary/aromatic N) is 2. The van der Waals surface area contributed by atoms with Crippen LogP contribution in [0.5, 0.6) is 11.6 Å². The molecule has 3 amide bonds. The van der Waals surface area contributed by atoms with Crippen LogP contribution in [-0.4, -0.2) is 21.8 Å². The van der Waals surface area contributed by atoms with Gasteiger partial charge >= 0.3 is 6.03 Å². The van der Waals surface area contributed by atoms with Crippen LogP contribution in [0.4, 0.5) is 10.5 Å². The van der Waals surface area contributed by atoms with E-state index in [4.69, 9.17) is 4.74 Å². The van der Waals surface area contributed by atoms with Crippen LogP contribution in [0.25, 0.3) is 6.08 Å². The van der Waals surface area contributed by atoms with E-state index in [1.807, 2.05) is 0 Å². The fourth-order valence-corrected chi connectivity index (χ4v) is 1.94. The number of carbonyl (C=O) groups is 2. The second-order valence-corrected chi connectivity index (χ2v) is 4.75. The Morgan fingerprint density at radius 3 is 2.38 bits per heavy atom. The number of pyridine rings is 1. The highest BCUT2D eigenvalue weighted by atomic mass is 16.6. The second-order valence-electron chi connectivity index (χ2n) is 4.75. The Labute approximate surface area is 135 Å². The molecule has 0 spiro atoms. The quantitative estimate of drug-likeness (QED) is 0.383. The molecule has 0 aliphatic carbocycles. The molecule has 0 radical (unpaired) electrons. The number of ether oxygens (including phenoxy) is 1.